The Balaban J connectivity index is 0.000000361. The standard InChI is InChI=1S/C22H24N2O4.C7H14.CH5N/c1-14(2)27-17-7-5-16(6-8-17)11-24-21(26)19-10-20-18(9-15(3)28-20)23(19)12-22(24,4)13-25;1-2-4-6-7-5-3-1;1-2/h5-10,13-14H,11-12H2,1-4H3;1-7H2;2H2,1H3. The van der Waals surface area contributed by atoms with E-state index in [9.17, 15) is 9.59 Å². The number of aldehydes is 1. The molecular formula is C30H43N3O4. The first-order valence-electron chi connectivity index (χ1n) is 13.5. The SMILES string of the molecule is C1CCCCCC1.CN.Cc1cc2c(cc3n2CC(C)(C=O)N(Cc2ccc(OC(C)C)cc2)C3=O)o1. The first-order valence-corrected chi connectivity index (χ1v) is 13.5. The van der Waals surface area contributed by atoms with Crippen molar-refractivity contribution in [3.63, 3.8) is 0 Å². The van der Waals surface area contributed by atoms with Gasteiger partial charge in [0.2, 0.25) is 0 Å². The van der Waals surface area contributed by atoms with E-state index in [4.69, 9.17) is 9.15 Å². The predicted molar refractivity (Wildman–Crippen MR) is 148 cm³/mol. The third kappa shape index (κ3) is 6.83. The van der Waals surface area contributed by atoms with Crippen molar-refractivity contribution in [3.05, 3.63) is 53.4 Å². The van der Waals surface area contributed by atoms with Crippen molar-refractivity contribution in [1.29, 1.82) is 0 Å². The molecule has 1 amide bonds. The van der Waals surface area contributed by atoms with Gasteiger partial charge in [0.15, 0.2) is 5.58 Å². The van der Waals surface area contributed by atoms with Crippen LogP contribution in [-0.4, -0.2) is 40.4 Å². The fourth-order valence-corrected chi connectivity index (χ4v) is 5.01. The third-order valence-corrected chi connectivity index (χ3v) is 6.91. The number of nitrogens with zero attached hydrogens (tertiary/aromatic N) is 2. The molecule has 2 aromatic heterocycles. The lowest BCUT2D eigenvalue weighted by Gasteiger charge is -2.41. The summed E-state index contributed by atoms with van der Waals surface area (Å²) in [5.41, 5.74) is 6.58. The second-order valence-electron chi connectivity index (χ2n) is 10.4. The molecule has 1 atom stereocenters. The van der Waals surface area contributed by atoms with Crippen LogP contribution in [0, 0.1) is 6.92 Å². The van der Waals surface area contributed by atoms with Gasteiger partial charge in [0.1, 0.15) is 29.0 Å². The third-order valence-electron chi connectivity index (χ3n) is 6.91. The molecule has 0 spiro atoms. The number of furan rings is 1. The van der Waals surface area contributed by atoms with E-state index in [0.717, 1.165) is 28.9 Å². The fraction of sp³-hybridized carbons (Fsp3) is 0.533. The summed E-state index contributed by atoms with van der Waals surface area (Å²) in [6.07, 6.45) is 11.5. The molecule has 3 aromatic rings. The van der Waals surface area contributed by atoms with Crippen LogP contribution in [0.3, 0.4) is 0 Å². The van der Waals surface area contributed by atoms with Gasteiger partial charge in [0, 0.05) is 18.7 Å². The molecule has 7 heteroatoms. The Kier molecular flexibility index (Phi) is 9.98. The van der Waals surface area contributed by atoms with Gasteiger partial charge in [-0.25, -0.2) is 0 Å². The minimum Gasteiger partial charge on any atom is -0.491 e. The first kappa shape index (κ1) is 28.5. The molecule has 7 nitrogen and oxygen atoms in total. The zero-order valence-electron chi connectivity index (χ0n) is 23.1. The Morgan fingerprint density at radius 3 is 2.11 bits per heavy atom. The molecule has 1 unspecified atom stereocenters. The molecular weight excluding hydrogens is 466 g/mol. The van der Waals surface area contributed by atoms with Crippen molar-refractivity contribution in [1.82, 2.24) is 9.47 Å². The predicted octanol–water partition coefficient (Wildman–Crippen LogP) is 6.25. The average molecular weight is 510 g/mol. The highest BCUT2D eigenvalue weighted by molar-refractivity contribution is 6.00. The van der Waals surface area contributed by atoms with Crippen LogP contribution in [0.2, 0.25) is 0 Å². The molecule has 5 rings (SSSR count). The van der Waals surface area contributed by atoms with Gasteiger partial charge in [0.25, 0.3) is 5.91 Å². The van der Waals surface area contributed by atoms with Gasteiger partial charge in [-0.2, -0.15) is 0 Å². The van der Waals surface area contributed by atoms with Gasteiger partial charge < -0.3 is 29.1 Å². The van der Waals surface area contributed by atoms with Crippen molar-refractivity contribution in [3.8, 4) is 5.75 Å². The molecule has 3 heterocycles. The van der Waals surface area contributed by atoms with E-state index >= 15 is 0 Å². The normalized spacial score (nSPS) is 19.3. The fourth-order valence-electron chi connectivity index (χ4n) is 5.01. The minimum absolute atomic E-state index is 0.0996. The second kappa shape index (κ2) is 13.0. The number of carbonyl (C=O) groups is 2. The Labute approximate surface area is 220 Å². The summed E-state index contributed by atoms with van der Waals surface area (Å²) in [6, 6.07) is 11.3. The number of fused-ring (bicyclic) bond motifs is 3. The number of rotatable bonds is 5. The van der Waals surface area contributed by atoms with E-state index in [0.29, 0.717) is 24.4 Å². The summed E-state index contributed by atoms with van der Waals surface area (Å²) in [5, 5.41) is 0. The Morgan fingerprint density at radius 2 is 1.59 bits per heavy atom. The molecule has 0 radical (unpaired) electrons. The van der Waals surface area contributed by atoms with Crippen molar-refractivity contribution in [2.75, 3.05) is 7.05 Å². The Bertz CT molecular complexity index is 1140. The zero-order chi connectivity index (χ0) is 27.0. The van der Waals surface area contributed by atoms with Crippen LogP contribution >= 0.6 is 0 Å². The molecule has 37 heavy (non-hydrogen) atoms. The van der Waals surface area contributed by atoms with E-state index in [2.05, 4.69) is 5.73 Å². The van der Waals surface area contributed by atoms with Crippen molar-refractivity contribution in [2.24, 2.45) is 5.73 Å². The molecule has 1 aliphatic heterocycles. The van der Waals surface area contributed by atoms with E-state index in [1.165, 1.54) is 52.0 Å². The first-order chi connectivity index (χ1) is 17.8. The van der Waals surface area contributed by atoms with Crippen LogP contribution in [0.1, 0.15) is 87.5 Å². The van der Waals surface area contributed by atoms with Gasteiger partial charge in [0.05, 0.1) is 18.2 Å². The van der Waals surface area contributed by atoms with Gasteiger partial charge in [-0.05, 0) is 52.4 Å². The number of carbonyl (C=O) groups excluding carboxylic acids is 2. The zero-order valence-corrected chi connectivity index (χ0v) is 23.1. The lowest BCUT2D eigenvalue weighted by molar-refractivity contribution is -0.118. The number of aromatic nitrogens is 1. The summed E-state index contributed by atoms with van der Waals surface area (Å²) in [5.74, 6) is 1.39. The average Bonchev–Trinajstić information content (AvgIpc) is 3.24. The number of ether oxygens (including phenoxy) is 1. The molecule has 1 aliphatic carbocycles. The largest absolute Gasteiger partial charge is 0.491 e. The lowest BCUT2D eigenvalue weighted by atomic mass is 9.97. The maximum Gasteiger partial charge on any atom is 0.271 e. The Hall–Kier alpha value is -3.06. The van der Waals surface area contributed by atoms with E-state index in [-0.39, 0.29) is 12.0 Å². The van der Waals surface area contributed by atoms with Crippen LogP contribution < -0.4 is 10.5 Å². The molecule has 1 aromatic carbocycles. The topological polar surface area (TPSA) is 90.7 Å². The van der Waals surface area contributed by atoms with Crippen molar-refractivity contribution < 1.29 is 18.7 Å². The highest BCUT2D eigenvalue weighted by atomic mass is 16.5. The van der Waals surface area contributed by atoms with Crippen LogP contribution in [0.5, 0.6) is 5.75 Å². The van der Waals surface area contributed by atoms with Gasteiger partial charge in [-0.15, -0.1) is 0 Å². The molecule has 1 saturated carbocycles. The van der Waals surface area contributed by atoms with Gasteiger partial charge in [-0.1, -0.05) is 57.1 Å². The van der Waals surface area contributed by atoms with Gasteiger partial charge in [-0.3, -0.25) is 4.79 Å². The van der Waals surface area contributed by atoms with Crippen LogP contribution in [0.15, 0.2) is 40.8 Å². The van der Waals surface area contributed by atoms with E-state index in [1.54, 1.807) is 17.9 Å². The number of hydrogen-bond donors (Lipinski definition) is 1. The molecule has 0 saturated heterocycles. The number of nitrogens with two attached hydrogens (primary N) is 1. The molecule has 2 N–H and O–H groups in total. The van der Waals surface area contributed by atoms with E-state index < -0.39 is 5.54 Å². The molecule has 202 valence electrons. The molecule has 1 fully saturated rings. The summed E-state index contributed by atoms with van der Waals surface area (Å²) in [6.45, 7) is 8.37. The number of hydrogen-bond acceptors (Lipinski definition) is 5. The lowest BCUT2D eigenvalue weighted by Crippen LogP contribution is -2.57. The number of aryl methyl sites for hydroxylation is 1. The van der Waals surface area contributed by atoms with E-state index in [1.807, 2.05) is 55.7 Å². The van der Waals surface area contributed by atoms with Crippen LogP contribution in [-0.2, 0) is 17.9 Å². The highest BCUT2D eigenvalue weighted by Crippen LogP contribution is 2.33. The maximum atomic E-state index is 13.2. The maximum absolute atomic E-state index is 13.2. The quantitative estimate of drug-likeness (QED) is 0.324. The van der Waals surface area contributed by atoms with Gasteiger partial charge >= 0.3 is 0 Å². The Morgan fingerprint density at radius 1 is 1.03 bits per heavy atom. The summed E-state index contributed by atoms with van der Waals surface area (Å²) in [7, 11) is 1.50. The number of benzene rings is 1. The molecule has 2 aliphatic rings. The summed E-state index contributed by atoms with van der Waals surface area (Å²) >= 11 is 0. The van der Waals surface area contributed by atoms with Crippen LogP contribution in [0.4, 0.5) is 0 Å². The number of amides is 1. The smallest absolute Gasteiger partial charge is 0.271 e. The minimum atomic E-state index is -0.936. The van der Waals surface area contributed by atoms with Crippen molar-refractivity contribution in [2.45, 2.75) is 97.4 Å². The monoisotopic (exact) mass is 509 g/mol. The van der Waals surface area contributed by atoms with Crippen molar-refractivity contribution >= 4 is 23.3 Å². The summed E-state index contributed by atoms with van der Waals surface area (Å²) < 4.78 is 13.2. The summed E-state index contributed by atoms with van der Waals surface area (Å²) in [4.78, 5) is 26.9. The highest BCUT2D eigenvalue weighted by Gasteiger charge is 2.42. The molecule has 0 bridgehead atoms. The van der Waals surface area contributed by atoms with Crippen LogP contribution in [0.25, 0.3) is 11.1 Å². The second-order valence-corrected chi connectivity index (χ2v) is 10.4.